The Morgan fingerprint density at radius 1 is 0.870 bits per heavy atom. The Balaban J connectivity index is 1.38. The van der Waals surface area contributed by atoms with Gasteiger partial charge in [-0.15, -0.1) is 0 Å². The highest BCUT2D eigenvalue weighted by molar-refractivity contribution is 6.04. The fraction of sp³-hybridized carbons (Fsp3) is 0.216. The summed E-state index contributed by atoms with van der Waals surface area (Å²) in [5, 5.41) is 12.0. The topological polar surface area (TPSA) is 81.9 Å². The van der Waals surface area contributed by atoms with Crippen LogP contribution in [0.5, 0.6) is 51.7 Å². The zero-order chi connectivity index (χ0) is 31.5. The van der Waals surface area contributed by atoms with E-state index in [0.717, 1.165) is 57.8 Å². The van der Waals surface area contributed by atoms with Gasteiger partial charge in [0.15, 0.2) is 40.2 Å². The van der Waals surface area contributed by atoms with Crippen LogP contribution >= 0.6 is 0 Å². The molecule has 0 spiro atoms. The van der Waals surface area contributed by atoms with Crippen LogP contribution in [0.25, 0.3) is 17.8 Å². The van der Waals surface area contributed by atoms with E-state index in [1.165, 1.54) is 0 Å². The number of fused-ring (bicyclic) bond motifs is 3. The van der Waals surface area contributed by atoms with E-state index < -0.39 is 0 Å². The molecular weight excluding hydrogens is 584 g/mol. The lowest BCUT2D eigenvalue weighted by atomic mass is 9.91. The van der Waals surface area contributed by atoms with Gasteiger partial charge in [-0.2, -0.15) is 0 Å². The molecule has 8 bridgehead atoms. The first kappa shape index (κ1) is 27.9. The minimum Gasteiger partial charge on any atom is -0.504 e. The first-order chi connectivity index (χ1) is 22.4. The summed E-state index contributed by atoms with van der Waals surface area (Å²) in [6.45, 7) is 0.899. The molecule has 5 heterocycles. The first-order valence-electron chi connectivity index (χ1n) is 15.1. The highest BCUT2D eigenvalue weighted by atomic mass is 16.7. The molecule has 0 saturated heterocycles. The smallest absolute Gasteiger partial charge is 0.231 e. The van der Waals surface area contributed by atoms with Gasteiger partial charge in [-0.05, 0) is 76.9 Å². The molecule has 0 radical (unpaired) electrons. The molecule has 0 aliphatic carbocycles. The van der Waals surface area contributed by atoms with Gasteiger partial charge in [-0.3, -0.25) is 0 Å². The Labute approximate surface area is 266 Å². The summed E-state index contributed by atoms with van der Waals surface area (Å²) in [6, 6.07) is 17.7. The van der Waals surface area contributed by atoms with Crippen LogP contribution in [0.4, 0.5) is 0 Å². The number of phenols is 1. The highest BCUT2D eigenvalue weighted by Gasteiger charge is 2.33. The maximum absolute atomic E-state index is 12.0. The van der Waals surface area contributed by atoms with Gasteiger partial charge in [-0.1, -0.05) is 12.1 Å². The lowest BCUT2D eigenvalue weighted by Gasteiger charge is -2.27. The number of hydrogen-bond acceptors (Lipinski definition) is 8. The third-order valence-corrected chi connectivity index (χ3v) is 8.95. The molecule has 46 heavy (non-hydrogen) atoms. The van der Waals surface area contributed by atoms with Gasteiger partial charge in [-0.25, -0.2) is 4.58 Å². The van der Waals surface area contributed by atoms with Crippen LogP contribution in [0.15, 0.2) is 60.8 Å². The molecule has 0 fully saturated rings. The summed E-state index contributed by atoms with van der Waals surface area (Å²) in [5.74, 6) is 4.11. The fourth-order valence-electron chi connectivity index (χ4n) is 6.53. The van der Waals surface area contributed by atoms with Crippen molar-refractivity contribution >= 4 is 23.6 Å². The Bertz CT molecular complexity index is 2010. The van der Waals surface area contributed by atoms with Crippen molar-refractivity contribution in [2.24, 2.45) is 0 Å². The normalized spacial score (nSPS) is 16.9. The summed E-state index contributed by atoms with van der Waals surface area (Å²) >= 11 is 0. The second-order valence-electron chi connectivity index (χ2n) is 11.7. The quantitative estimate of drug-likeness (QED) is 0.250. The standard InChI is InChI=1S/C37H32N2O7/c1-38-11-9-23-17-29(41-3)30-19-26(23)27(38)13-21-5-7-25(8-6-21)45-33-16-22(15-32-36(33)44-20-43-32)14-28-34-24(10-12-39(28)2)18-31(42-4)37(46-30)35(34)40/h5-9,11,13,15-19H,10,12,14,20H2,1-4H3/p+1/b27-13+. The van der Waals surface area contributed by atoms with E-state index in [-0.39, 0.29) is 18.3 Å². The Morgan fingerprint density at radius 2 is 1.67 bits per heavy atom. The third kappa shape index (κ3) is 4.58. The molecule has 9 heteroatoms. The lowest BCUT2D eigenvalue weighted by Crippen LogP contribution is -2.29. The monoisotopic (exact) mass is 617 g/mol. The van der Waals surface area contributed by atoms with Crippen LogP contribution in [0, 0.1) is 0 Å². The molecule has 4 aromatic rings. The number of phenolic OH excluding ortho intramolecular Hbond substituents is 1. The number of hydrogen-bond donors (Lipinski definition) is 1. The van der Waals surface area contributed by atoms with Crippen molar-refractivity contribution in [3.8, 4) is 51.7 Å². The third-order valence-electron chi connectivity index (χ3n) is 8.95. The van der Waals surface area contributed by atoms with Crippen LogP contribution in [0.1, 0.15) is 33.4 Å². The van der Waals surface area contributed by atoms with E-state index in [2.05, 4.69) is 15.6 Å². The van der Waals surface area contributed by atoms with E-state index >= 15 is 0 Å². The van der Waals surface area contributed by atoms with Crippen molar-refractivity contribution in [1.82, 2.24) is 4.90 Å². The van der Waals surface area contributed by atoms with Crippen molar-refractivity contribution in [2.45, 2.75) is 12.8 Å². The minimum absolute atomic E-state index is 0.0103. The Kier molecular flexibility index (Phi) is 6.56. The number of ether oxygens (including phenoxy) is 6. The van der Waals surface area contributed by atoms with Crippen LogP contribution in [0.3, 0.4) is 0 Å². The van der Waals surface area contributed by atoms with Gasteiger partial charge in [0, 0.05) is 30.9 Å². The van der Waals surface area contributed by atoms with Crippen molar-refractivity contribution < 1.29 is 38.1 Å². The molecule has 0 amide bonds. The van der Waals surface area contributed by atoms with Gasteiger partial charge in [0.25, 0.3) is 0 Å². The van der Waals surface area contributed by atoms with Crippen molar-refractivity contribution in [2.75, 3.05) is 41.7 Å². The molecule has 0 saturated carbocycles. The number of nitrogens with zero attached hydrogens (tertiary/aromatic N) is 2. The highest BCUT2D eigenvalue weighted by Crippen LogP contribution is 2.49. The van der Waals surface area contributed by atoms with E-state index in [4.69, 9.17) is 28.4 Å². The van der Waals surface area contributed by atoms with E-state index in [1.807, 2.05) is 81.0 Å². The summed E-state index contributed by atoms with van der Waals surface area (Å²) in [4.78, 5) is 2.06. The maximum Gasteiger partial charge on any atom is 0.231 e. The second-order valence-corrected chi connectivity index (χ2v) is 11.7. The predicted octanol–water partition coefficient (Wildman–Crippen LogP) is 6.68. The zero-order valence-electron chi connectivity index (χ0n) is 26.0. The molecule has 0 aromatic heterocycles. The molecule has 232 valence electrons. The molecule has 1 N–H and O–H groups in total. The van der Waals surface area contributed by atoms with Crippen molar-refractivity contribution in [3.05, 3.63) is 94.2 Å². The first-order valence-corrected chi connectivity index (χ1v) is 15.1. The largest absolute Gasteiger partial charge is 0.504 e. The Morgan fingerprint density at radius 3 is 2.48 bits per heavy atom. The average Bonchev–Trinajstić information content (AvgIpc) is 3.54. The summed E-state index contributed by atoms with van der Waals surface area (Å²) < 4.78 is 38.4. The molecule has 0 atom stereocenters. The van der Waals surface area contributed by atoms with E-state index in [9.17, 15) is 5.11 Å². The molecule has 5 aliphatic rings. The summed E-state index contributed by atoms with van der Waals surface area (Å²) in [6.07, 6.45) is 7.41. The van der Waals surface area contributed by atoms with Gasteiger partial charge in [0.05, 0.1) is 26.2 Å². The van der Waals surface area contributed by atoms with Crippen LogP contribution in [-0.2, 0) is 12.8 Å². The fourth-order valence-corrected chi connectivity index (χ4v) is 6.53. The average molecular weight is 618 g/mol. The molecule has 5 aliphatic heterocycles. The van der Waals surface area contributed by atoms with Crippen LogP contribution < -0.4 is 28.4 Å². The van der Waals surface area contributed by atoms with Gasteiger partial charge in [0.2, 0.25) is 18.3 Å². The number of rotatable bonds is 2. The van der Waals surface area contributed by atoms with E-state index in [0.29, 0.717) is 46.7 Å². The SMILES string of the molecule is COc1cc2c3cc1Oc1c(OC)cc4c(c1O)C(=[N+](C)CC4)Cc1cc4c(c(c1)Oc1ccc(cc1)/C=C\3N(C)C=C2)OCO4. The number of likely N-dealkylation sites (N-methyl/N-ethyl adjacent to an activating group) is 1. The molecule has 4 aromatic carbocycles. The predicted molar refractivity (Wildman–Crippen MR) is 174 cm³/mol. The van der Waals surface area contributed by atoms with E-state index in [1.54, 1.807) is 14.2 Å². The maximum atomic E-state index is 12.0. The minimum atomic E-state index is 0.0103. The Hall–Kier alpha value is -5.57. The molecular formula is C37H33N2O7+. The van der Waals surface area contributed by atoms with Crippen LogP contribution in [0.2, 0.25) is 0 Å². The summed E-state index contributed by atoms with van der Waals surface area (Å²) in [5.41, 5.74) is 7.47. The lowest BCUT2D eigenvalue weighted by molar-refractivity contribution is -0.498. The second kappa shape index (κ2) is 10.8. The van der Waals surface area contributed by atoms with Gasteiger partial charge >= 0.3 is 0 Å². The molecule has 0 unspecified atom stereocenters. The zero-order valence-corrected chi connectivity index (χ0v) is 26.0. The van der Waals surface area contributed by atoms with Crippen molar-refractivity contribution in [3.63, 3.8) is 0 Å². The van der Waals surface area contributed by atoms with Gasteiger partial charge < -0.3 is 38.4 Å². The van der Waals surface area contributed by atoms with Crippen molar-refractivity contribution in [1.29, 1.82) is 0 Å². The number of benzene rings is 4. The molecule has 9 rings (SSSR count). The summed E-state index contributed by atoms with van der Waals surface area (Å²) in [7, 11) is 7.23. The van der Waals surface area contributed by atoms with Gasteiger partial charge in [0.1, 0.15) is 19.3 Å². The molecule has 9 nitrogen and oxygen atoms in total. The number of methoxy groups -OCH3 is 2. The number of aromatic hydroxyl groups is 1. The van der Waals surface area contributed by atoms with Crippen LogP contribution in [-0.4, -0.2) is 61.9 Å².